The van der Waals surface area contributed by atoms with Gasteiger partial charge in [0.2, 0.25) is 5.78 Å². The van der Waals surface area contributed by atoms with Crippen molar-refractivity contribution < 1.29 is 9.90 Å². The van der Waals surface area contributed by atoms with E-state index >= 15 is 0 Å². The molecule has 0 saturated heterocycles. The van der Waals surface area contributed by atoms with Crippen LogP contribution in [0, 0.1) is 0 Å². The van der Waals surface area contributed by atoms with Gasteiger partial charge in [0.15, 0.2) is 0 Å². The number of carboxylic acids is 1. The number of aromatic nitrogens is 3. The second-order valence-electron chi connectivity index (χ2n) is 4.59. The largest absolute Gasteiger partial charge is 0.478 e. The van der Waals surface area contributed by atoms with Gasteiger partial charge in [0, 0.05) is 13.5 Å². The second kappa shape index (κ2) is 4.60. The lowest BCUT2D eigenvalue weighted by molar-refractivity contribution is 0.0697. The Hall–Kier alpha value is -1.86. The van der Waals surface area contributed by atoms with Crippen LogP contribution in [0.15, 0.2) is 22.8 Å². The number of carboxylic acid groups (broad SMARTS) is 1. The molecule has 7 heteroatoms. The molecule has 0 fully saturated rings. The minimum absolute atomic E-state index is 0.246. The van der Waals surface area contributed by atoms with Crippen LogP contribution < -0.4 is 5.73 Å². The normalized spacial score (nSPS) is 11.6. The quantitative estimate of drug-likeness (QED) is 0.763. The van der Waals surface area contributed by atoms with Gasteiger partial charge in [0.05, 0.1) is 22.3 Å². The molecule has 0 radical (unpaired) electrons. The summed E-state index contributed by atoms with van der Waals surface area (Å²) in [6.45, 7) is 0.540. The Morgan fingerprint density at radius 2 is 2.25 bits per heavy atom. The summed E-state index contributed by atoms with van der Waals surface area (Å²) >= 11 is 3.56. The number of rotatable bonds is 3. The van der Waals surface area contributed by atoms with Crippen LogP contribution >= 0.6 is 15.9 Å². The molecule has 0 aliphatic heterocycles. The highest BCUT2D eigenvalue weighted by molar-refractivity contribution is 9.10. The second-order valence-corrected chi connectivity index (χ2v) is 5.34. The first-order chi connectivity index (χ1) is 9.54. The van der Waals surface area contributed by atoms with Crippen LogP contribution in [0.2, 0.25) is 0 Å². The number of benzene rings is 1. The fraction of sp³-hybridized carbons (Fsp3) is 0.231. The molecule has 1 aromatic carbocycles. The van der Waals surface area contributed by atoms with Crippen molar-refractivity contribution in [1.29, 1.82) is 0 Å². The number of imidazole rings is 2. The molecular formula is C13H13BrN4O2. The van der Waals surface area contributed by atoms with Gasteiger partial charge in [-0.2, -0.15) is 0 Å². The Morgan fingerprint density at radius 3 is 2.90 bits per heavy atom. The molecule has 2 aromatic heterocycles. The maximum atomic E-state index is 11.1. The minimum atomic E-state index is -0.948. The molecule has 0 aliphatic rings. The Kier molecular flexibility index (Phi) is 3.02. The first-order valence-corrected chi connectivity index (χ1v) is 6.92. The van der Waals surface area contributed by atoms with Crippen molar-refractivity contribution in [3.8, 4) is 0 Å². The van der Waals surface area contributed by atoms with E-state index < -0.39 is 5.97 Å². The smallest absolute Gasteiger partial charge is 0.335 e. The van der Waals surface area contributed by atoms with Gasteiger partial charge in [-0.25, -0.2) is 9.78 Å². The lowest BCUT2D eigenvalue weighted by Gasteiger charge is -2.01. The third-order valence-electron chi connectivity index (χ3n) is 3.40. The number of nitrogens with zero attached hydrogens (tertiary/aromatic N) is 3. The average Bonchev–Trinajstić information content (AvgIpc) is 2.90. The van der Waals surface area contributed by atoms with Crippen LogP contribution in [-0.2, 0) is 13.5 Å². The maximum absolute atomic E-state index is 11.1. The molecule has 0 spiro atoms. The van der Waals surface area contributed by atoms with Gasteiger partial charge < -0.3 is 15.4 Å². The Balaban J connectivity index is 2.38. The van der Waals surface area contributed by atoms with Gasteiger partial charge in [-0.15, -0.1) is 0 Å². The van der Waals surface area contributed by atoms with Crippen molar-refractivity contribution >= 4 is 38.7 Å². The van der Waals surface area contributed by atoms with Crippen LogP contribution in [-0.4, -0.2) is 31.6 Å². The number of fused-ring (bicyclic) bond motifs is 3. The molecular weight excluding hydrogens is 324 g/mol. The van der Waals surface area contributed by atoms with Crippen LogP contribution in [0.25, 0.3) is 16.8 Å². The van der Waals surface area contributed by atoms with Gasteiger partial charge in [0.25, 0.3) is 0 Å². The molecule has 0 bridgehead atoms. The molecule has 0 atom stereocenters. The van der Waals surface area contributed by atoms with Gasteiger partial charge in [0.1, 0.15) is 4.60 Å². The molecule has 3 rings (SSSR count). The fourth-order valence-electron chi connectivity index (χ4n) is 2.41. The van der Waals surface area contributed by atoms with Crippen LogP contribution in [0.5, 0.6) is 0 Å². The SMILES string of the molecule is Cn1c(CCN)c(Br)n2c3cc(C(=O)O)ccc3nc12. The highest BCUT2D eigenvalue weighted by Crippen LogP contribution is 2.27. The van der Waals surface area contributed by atoms with Gasteiger partial charge in [-0.3, -0.25) is 4.40 Å². The zero-order valence-corrected chi connectivity index (χ0v) is 12.4. The maximum Gasteiger partial charge on any atom is 0.335 e. The molecule has 2 heterocycles. The predicted molar refractivity (Wildman–Crippen MR) is 79.1 cm³/mol. The zero-order chi connectivity index (χ0) is 14.4. The van der Waals surface area contributed by atoms with E-state index in [1.165, 1.54) is 0 Å². The summed E-state index contributed by atoms with van der Waals surface area (Å²) in [7, 11) is 1.93. The third-order valence-corrected chi connectivity index (χ3v) is 4.22. The van der Waals surface area contributed by atoms with Crippen molar-refractivity contribution in [2.24, 2.45) is 12.8 Å². The standard InChI is InChI=1S/C13H13BrN4O2/c1-17-9(4-5-15)11(14)18-10-6-7(12(19)20)2-3-8(10)16-13(17)18/h2-3,6H,4-5,15H2,1H3,(H,19,20). The molecule has 0 amide bonds. The van der Waals surface area contributed by atoms with E-state index in [1.807, 2.05) is 16.0 Å². The Labute approximate surface area is 122 Å². The van der Waals surface area contributed by atoms with Crippen LogP contribution in [0.4, 0.5) is 0 Å². The lowest BCUT2D eigenvalue weighted by Crippen LogP contribution is -2.07. The number of aromatic carboxylic acids is 1. The monoisotopic (exact) mass is 336 g/mol. The Morgan fingerprint density at radius 1 is 1.50 bits per heavy atom. The summed E-state index contributed by atoms with van der Waals surface area (Å²) in [4.78, 5) is 15.6. The predicted octanol–water partition coefficient (Wildman–Crippen LogP) is 1.79. The first-order valence-electron chi connectivity index (χ1n) is 6.13. The summed E-state index contributed by atoms with van der Waals surface area (Å²) in [5, 5.41) is 9.10. The van der Waals surface area contributed by atoms with Crippen LogP contribution in [0.1, 0.15) is 16.1 Å². The minimum Gasteiger partial charge on any atom is -0.478 e. The number of hydrogen-bond donors (Lipinski definition) is 2. The lowest BCUT2D eigenvalue weighted by atomic mass is 10.2. The van der Waals surface area contributed by atoms with E-state index in [1.54, 1.807) is 18.2 Å². The topological polar surface area (TPSA) is 85.5 Å². The zero-order valence-electron chi connectivity index (χ0n) is 10.8. The summed E-state index contributed by atoms with van der Waals surface area (Å²) < 4.78 is 4.75. The average molecular weight is 337 g/mol. The summed E-state index contributed by atoms with van der Waals surface area (Å²) in [6, 6.07) is 4.92. The van der Waals surface area contributed by atoms with E-state index in [0.717, 1.165) is 33.5 Å². The highest BCUT2D eigenvalue weighted by Gasteiger charge is 2.18. The van der Waals surface area contributed by atoms with Crippen molar-refractivity contribution in [3.63, 3.8) is 0 Å². The highest BCUT2D eigenvalue weighted by atomic mass is 79.9. The van der Waals surface area contributed by atoms with E-state index in [9.17, 15) is 4.79 Å². The van der Waals surface area contributed by atoms with Crippen molar-refractivity contribution in [3.05, 3.63) is 34.1 Å². The Bertz CT molecular complexity index is 834. The summed E-state index contributed by atoms with van der Waals surface area (Å²) in [6.07, 6.45) is 0.723. The number of halogens is 1. The molecule has 104 valence electrons. The van der Waals surface area contributed by atoms with Crippen molar-refractivity contribution in [2.45, 2.75) is 6.42 Å². The molecule has 6 nitrogen and oxygen atoms in total. The molecule has 0 aliphatic carbocycles. The van der Waals surface area contributed by atoms with Crippen molar-refractivity contribution in [2.75, 3.05) is 6.54 Å². The summed E-state index contributed by atoms with van der Waals surface area (Å²) in [5.74, 6) is -0.186. The van der Waals surface area contributed by atoms with Crippen molar-refractivity contribution in [1.82, 2.24) is 14.0 Å². The van der Waals surface area contributed by atoms with Gasteiger partial charge in [-0.1, -0.05) is 0 Å². The van der Waals surface area contributed by atoms with Gasteiger partial charge in [-0.05, 0) is 40.7 Å². The van der Waals surface area contributed by atoms with E-state index in [4.69, 9.17) is 10.8 Å². The molecule has 0 saturated carbocycles. The summed E-state index contributed by atoms with van der Waals surface area (Å²) in [5.41, 5.74) is 8.44. The molecule has 0 unspecified atom stereocenters. The number of hydrogen-bond acceptors (Lipinski definition) is 3. The fourth-order valence-corrected chi connectivity index (χ4v) is 3.22. The number of nitrogens with two attached hydrogens (primary N) is 1. The number of aryl methyl sites for hydroxylation is 1. The molecule has 3 aromatic rings. The molecule has 20 heavy (non-hydrogen) atoms. The van der Waals surface area contributed by atoms with E-state index in [0.29, 0.717) is 6.54 Å². The number of carbonyl (C=O) groups is 1. The first kappa shape index (κ1) is 13.1. The van der Waals surface area contributed by atoms with E-state index in [-0.39, 0.29) is 5.56 Å². The molecule has 3 N–H and O–H groups in total. The third kappa shape index (κ3) is 1.74. The van der Waals surface area contributed by atoms with Crippen LogP contribution in [0.3, 0.4) is 0 Å². The van der Waals surface area contributed by atoms with Gasteiger partial charge >= 0.3 is 5.97 Å². The van der Waals surface area contributed by atoms with E-state index in [2.05, 4.69) is 20.9 Å².